The Morgan fingerprint density at radius 1 is 0.930 bits per heavy atom. The number of likely N-dealkylation sites (tertiary alicyclic amines) is 1. The number of carbonyl (C=O) groups excluding carboxylic acids is 2. The molecule has 3 aromatic carbocycles. The van der Waals surface area contributed by atoms with Crippen LogP contribution in [-0.2, 0) is 28.3 Å². The van der Waals surface area contributed by atoms with Gasteiger partial charge in [-0.25, -0.2) is 4.79 Å². The summed E-state index contributed by atoms with van der Waals surface area (Å²) in [7, 11) is 0. The summed E-state index contributed by atoms with van der Waals surface area (Å²) in [5, 5.41) is 18.0. The zero-order chi connectivity index (χ0) is 30.7. The molecule has 3 aromatic rings. The minimum atomic E-state index is -0.914. The Morgan fingerprint density at radius 3 is 2.12 bits per heavy atom. The van der Waals surface area contributed by atoms with Crippen molar-refractivity contribution >= 4 is 23.8 Å². The van der Waals surface area contributed by atoms with Crippen molar-refractivity contribution in [3.63, 3.8) is 0 Å². The number of aliphatic hydroxyl groups excluding tert-OH is 1. The molecule has 4 rings (SSSR count). The minimum absolute atomic E-state index is 0.0282. The van der Waals surface area contributed by atoms with Crippen LogP contribution in [0.25, 0.3) is 0 Å². The van der Waals surface area contributed by atoms with E-state index in [9.17, 15) is 14.7 Å². The second-order valence-corrected chi connectivity index (χ2v) is 13.6. The number of β-amino-alcohol motifs (C(OH)–C–C–N with tert-alkyl or cyclic N) is 1. The van der Waals surface area contributed by atoms with Crippen molar-refractivity contribution in [2.45, 2.75) is 81.4 Å². The molecule has 4 atom stereocenters. The number of rotatable bonds is 12. The maximum absolute atomic E-state index is 13.6. The average Bonchev–Trinajstić information content (AvgIpc) is 3.00. The Bertz CT molecular complexity index is 1270. The number of benzene rings is 3. The molecule has 0 spiro atoms. The number of amides is 2. The van der Waals surface area contributed by atoms with E-state index in [-0.39, 0.29) is 30.6 Å². The van der Waals surface area contributed by atoms with E-state index in [1.165, 1.54) is 5.56 Å². The molecule has 2 amide bonds. The lowest BCUT2D eigenvalue weighted by Crippen LogP contribution is -2.58. The van der Waals surface area contributed by atoms with Crippen LogP contribution in [0.5, 0.6) is 0 Å². The topological polar surface area (TPSA) is 90.9 Å². The second kappa shape index (κ2) is 15.9. The number of alkyl carbamates (subject to hydrolysis) is 1. The van der Waals surface area contributed by atoms with Gasteiger partial charge < -0.3 is 20.5 Å². The number of carbonyl (C=O) groups is 2. The fraction of sp³-hybridized carbons (Fsp3) is 0.429. The van der Waals surface area contributed by atoms with Gasteiger partial charge in [0.15, 0.2) is 0 Å². The summed E-state index contributed by atoms with van der Waals surface area (Å²) in [5.74, 6) is 0.871. The third-order valence-electron chi connectivity index (χ3n) is 7.50. The molecule has 0 bridgehead atoms. The number of nitrogens with one attached hydrogen (secondary N) is 2. The lowest BCUT2D eigenvalue weighted by Gasteiger charge is -2.41. The van der Waals surface area contributed by atoms with Crippen LogP contribution in [0.4, 0.5) is 4.79 Å². The predicted octanol–water partition coefficient (Wildman–Crippen LogP) is 5.57. The summed E-state index contributed by atoms with van der Waals surface area (Å²) in [6, 6.07) is 28.7. The van der Waals surface area contributed by atoms with E-state index in [0.29, 0.717) is 24.6 Å². The maximum Gasteiger partial charge on any atom is 0.407 e. The van der Waals surface area contributed by atoms with E-state index in [0.717, 1.165) is 23.3 Å². The Labute approximate surface area is 260 Å². The molecule has 7 nitrogen and oxygen atoms in total. The third kappa shape index (κ3) is 11.0. The van der Waals surface area contributed by atoms with E-state index >= 15 is 0 Å². The molecule has 1 fully saturated rings. The molecule has 1 aliphatic rings. The number of thioether (sulfide) groups is 1. The maximum atomic E-state index is 13.6. The van der Waals surface area contributed by atoms with E-state index in [4.69, 9.17) is 4.74 Å². The van der Waals surface area contributed by atoms with Gasteiger partial charge in [-0.15, -0.1) is 0 Å². The van der Waals surface area contributed by atoms with Crippen LogP contribution in [0, 0.1) is 0 Å². The zero-order valence-electron chi connectivity index (χ0n) is 25.4. The van der Waals surface area contributed by atoms with Gasteiger partial charge in [-0.2, -0.15) is 11.8 Å². The molecule has 1 saturated heterocycles. The van der Waals surface area contributed by atoms with Gasteiger partial charge in [0, 0.05) is 29.6 Å². The first-order chi connectivity index (χ1) is 20.7. The highest BCUT2D eigenvalue weighted by molar-refractivity contribution is 7.99. The van der Waals surface area contributed by atoms with Crippen molar-refractivity contribution in [3.8, 4) is 0 Å². The molecule has 0 aliphatic carbocycles. The quantitative estimate of drug-likeness (QED) is 0.251. The van der Waals surface area contributed by atoms with Crippen molar-refractivity contribution in [1.29, 1.82) is 0 Å². The van der Waals surface area contributed by atoms with Crippen molar-refractivity contribution < 1.29 is 19.4 Å². The predicted molar refractivity (Wildman–Crippen MR) is 174 cm³/mol. The molecule has 1 heterocycles. The Balaban J connectivity index is 1.44. The number of hydrogen-bond donors (Lipinski definition) is 3. The highest BCUT2D eigenvalue weighted by Crippen LogP contribution is 2.30. The van der Waals surface area contributed by atoms with Gasteiger partial charge in [0.25, 0.3) is 0 Å². The largest absolute Gasteiger partial charge is 0.445 e. The van der Waals surface area contributed by atoms with Crippen molar-refractivity contribution in [3.05, 3.63) is 108 Å². The smallest absolute Gasteiger partial charge is 0.407 e. The summed E-state index contributed by atoms with van der Waals surface area (Å²) in [6.07, 6.45) is 0.552. The van der Waals surface area contributed by atoms with Crippen LogP contribution in [0.2, 0.25) is 0 Å². The summed E-state index contributed by atoms with van der Waals surface area (Å²) in [4.78, 5) is 28.5. The fourth-order valence-corrected chi connectivity index (χ4v) is 6.51. The summed E-state index contributed by atoms with van der Waals surface area (Å²) in [6.45, 7) is 7.03. The summed E-state index contributed by atoms with van der Waals surface area (Å²) in [5.41, 5.74) is 2.78. The highest BCUT2D eigenvalue weighted by Gasteiger charge is 2.37. The normalized spacial score (nSPS) is 18.8. The first kappa shape index (κ1) is 32.6. The van der Waals surface area contributed by atoms with Crippen LogP contribution < -0.4 is 10.6 Å². The summed E-state index contributed by atoms with van der Waals surface area (Å²) >= 11 is 1.89. The number of piperidine rings is 1. The first-order valence-corrected chi connectivity index (χ1v) is 16.1. The van der Waals surface area contributed by atoms with Crippen molar-refractivity contribution in [2.24, 2.45) is 0 Å². The van der Waals surface area contributed by atoms with Gasteiger partial charge in [0.05, 0.1) is 18.2 Å². The Morgan fingerprint density at radius 2 is 1.51 bits per heavy atom. The van der Waals surface area contributed by atoms with Crippen LogP contribution in [0.3, 0.4) is 0 Å². The van der Waals surface area contributed by atoms with Gasteiger partial charge in [-0.05, 0) is 56.7 Å². The molecule has 0 radical (unpaired) electrons. The first-order valence-electron chi connectivity index (χ1n) is 15.1. The van der Waals surface area contributed by atoms with E-state index in [1.807, 2.05) is 99.3 Å². The Hall–Kier alpha value is -3.33. The molecule has 3 N–H and O–H groups in total. The minimum Gasteiger partial charge on any atom is -0.445 e. The molecule has 0 unspecified atom stereocenters. The van der Waals surface area contributed by atoms with Gasteiger partial charge in [-0.3, -0.25) is 9.69 Å². The fourth-order valence-electron chi connectivity index (χ4n) is 5.30. The lowest BCUT2D eigenvalue weighted by molar-refractivity contribution is -0.129. The molecule has 230 valence electrons. The number of aliphatic hydroxyl groups is 1. The van der Waals surface area contributed by atoms with Crippen LogP contribution in [0.1, 0.15) is 50.3 Å². The Kier molecular flexibility index (Phi) is 12.1. The zero-order valence-corrected chi connectivity index (χ0v) is 26.3. The van der Waals surface area contributed by atoms with Crippen LogP contribution in [-0.4, -0.2) is 64.1 Å². The van der Waals surface area contributed by atoms with Gasteiger partial charge in [0.2, 0.25) is 5.91 Å². The van der Waals surface area contributed by atoms with Gasteiger partial charge >= 0.3 is 6.09 Å². The average molecular weight is 604 g/mol. The van der Waals surface area contributed by atoms with Gasteiger partial charge in [0.1, 0.15) is 6.61 Å². The van der Waals surface area contributed by atoms with E-state index < -0.39 is 18.2 Å². The molecular weight excluding hydrogens is 558 g/mol. The van der Waals surface area contributed by atoms with Crippen LogP contribution >= 0.6 is 11.8 Å². The van der Waals surface area contributed by atoms with Crippen molar-refractivity contribution in [1.82, 2.24) is 15.5 Å². The highest BCUT2D eigenvalue weighted by atomic mass is 32.2. The monoisotopic (exact) mass is 603 g/mol. The SMILES string of the molecule is CC(C)(C)NC(=O)[C@@H]1C[C@H](SCc2ccccc2)CCN1C[C@@H](O)[C@H](Cc1ccccc1)NC(=O)OCc1ccccc1. The molecule has 8 heteroatoms. The molecule has 0 saturated carbocycles. The summed E-state index contributed by atoms with van der Waals surface area (Å²) < 4.78 is 5.49. The standard InChI is InChI=1S/C35H45N3O4S/c1-35(2,3)37-33(40)31-22-29(43-25-28-17-11-6-12-18-28)19-20-38(31)23-32(39)30(21-26-13-7-4-8-14-26)36-34(41)42-24-27-15-9-5-10-16-27/h4-18,29-32,39H,19-25H2,1-3H3,(H,36,41)(H,37,40)/t29-,30+,31+,32-/m1/s1. The van der Waals surface area contributed by atoms with E-state index in [1.54, 1.807) is 0 Å². The second-order valence-electron chi connectivity index (χ2n) is 12.3. The molecule has 1 aliphatic heterocycles. The number of ether oxygens (including phenoxy) is 1. The van der Waals surface area contributed by atoms with Crippen molar-refractivity contribution in [2.75, 3.05) is 13.1 Å². The number of nitrogens with zero attached hydrogens (tertiary/aromatic N) is 1. The number of hydrogen-bond acceptors (Lipinski definition) is 6. The molecule has 0 aromatic heterocycles. The molecular formula is C35H45N3O4S. The third-order valence-corrected chi connectivity index (χ3v) is 8.89. The molecule has 43 heavy (non-hydrogen) atoms. The lowest BCUT2D eigenvalue weighted by atomic mass is 9.96. The van der Waals surface area contributed by atoms with Crippen LogP contribution in [0.15, 0.2) is 91.0 Å². The van der Waals surface area contributed by atoms with E-state index in [2.05, 4.69) is 39.8 Å². The van der Waals surface area contributed by atoms with Gasteiger partial charge in [-0.1, -0.05) is 91.0 Å².